The van der Waals surface area contributed by atoms with Crippen LogP contribution in [0.3, 0.4) is 0 Å². The first-order valence-electron chi connectivity index (χ1n) is 12.6. The molecule has 1 heteroatoms. The molecular weight excluding hydrogens is 446 g/mol. The van der Waals surface area contributed by atoms with Crippen molar-refractivity contribution in [1.82, 2.24) is 0 Å². The van der Waals surface area contributed by atoms with Crippen LogP contribution in [0.1, 0.15) is 0 Å². The Morgan fingerprint density at radius 2 is 0.649 bits per heavy atom. The van der Waals surface area contributed by atoms with E-state index in [1.807, 2.05) is 6.07 Å². The maximum atomic E-state index is 3.60. The lowest BCUT2D eigenvalue weighted by Gasteiger charge is -2.15. The van der Waals surface area contributed by atoms with Gasteiger partial charge in [0.2, 0.25) is 0 Å². The molecule has 0 saturated carbocycles. The van der Waals surface area contributed by atoms with Crippen molar-refractivity contribution in [2.45, 2.75) is 0 Å². The van der Waals surface area contributed by atoms with Gasteiger partial charge in [-0.05, 0) is 68.8 Å². The highest BCUT2D eigenvalue weighted by atomic mass is 14.9. The van der Waals surface area contributed by atoms with Gasteiger partial charge in [0, 0.05) is 11.4 Å². The van der Waals surface area contributed by atoms with E-state index in [2.05, 4.69) is 157 Å². The highest BCUT2D eigenvalue weighted by Gasteiger charge is 2.10. The van der Waals surface area contributed by atoms with E-state index in [0.717, 1.165) is 11.4 Å². The lowest BCUT2D eigenvalue weighted by atomic mass is 9.93. The van der Waals surface area contributed by atoms with Crippen LogP contribution in [0.15, 0.2) is 158 Å². The molecule has 0 aromatic heterocycles. The molecule has 0 heterocycles. The van der Waals surface area contributed by atoms with Crippen molar-refractivity contribution in [2.75, 3.05) is 5.32 Å². The zero-order valence-corrected chi connectivity index (χ0v) is 20.5. The molecule has 0 atom stereocenters. The SMILES string of the molecule is c1ccc(-c2ccc(Nc3ccc(-c4ccc(-c5ccccc5)cc4)c(-c4ccccc4)c3)cc2)cc1. The highest BCUT2D eigenvalue weighted by Crippen LogP contribution is 2.36. The predicted octanol–water partition coefficient (Wildman–Crippen LogP) is 10.1. The topological polar surface area (TPSA) is 12.0 Å². The summed E-state index contributed by atoms with van der Waals surface area (Å²) in [4.78, 5) is 0. The summed E-state index contributed by atoms with van der Waals surface area (Å²) in [5, 5.41) is 3.60. The molecule has 1 N–H and O–H groups in total. The van der Waals surface area contributed by atoms with Crippen molar-refractivity contribution in [3.8, 4) is 44.5 Å². The molecule has 0 radical (unpaired) electrons. The molecule has 0 unspecified atom stereocenters. The quantitative estimate of drug-likeness (QED) is 0.254. The minimum absolute atomic E-state index is 1.07. The molecule has 0 spiro atoms. The Morgan fingerprint density at radius 1 is 0.270 bits per heavy atom. The average Bonchev–Trinajstić information content (AvgIpc) is 2.99. The number of hydrogen-bond donors (Lipinski definition) is 1. The van der Waals surface area contributed by atoms with Crippen molar-refractivity contribution in [3.63, 3.8) is 0 Å². The summed E-state index contributed by atoms with van der Waals surface area (Å²) in [7, 11) is 0. The van der Waals surface area contributed by atoms with E-state index < -0.39 is 0 Å². The maximum Gasteiger partial charge on any atom is 0.0390 e. The summed E-state index contributed by atoms with van der Waals surface area (Å²) in [6, 6.07) is 55.7. The first-order valence-corrected chi connectivity index (χ1v) is 12.6. The molecular formula is C36H27N. The first kappa shape index (κ1) is 22.6. The van der Waals surface area contributed by atoms with Gasteiger partial charge in [-0.1, -0.05) is 133 Å². The summed E-state index contributed by atoms with van der Waals surface area (Å²) in [5.74, 6) is 0. The molecule has 6 rings (SSSR count). The molecule has 6 aromatic rings. The molecule has 0 aliphatic carbocycles. The van der Waals surface area contributed by atoms with Crippen LogP contribution in [0.25, 0.3) is 44.5 Å². The van der Waals surface area contributed by atoms with Crippen molar-refractivity contribution in [1.29, 1.82) is 0 Å². The average molecular weight is 474 g/mol. The van der Waals surface area contributed by atoms with Gasteiger partial charge in [0.25, 0.3) is 0 Å². The zero-order chi connectivity index (χ0) is 24.9. The molecule has 176 valence electrons. The van der Waals surface area contributed by atoms with Crippen LogP contribution in [-0.4, -0.2) is 0 Å². The molecule has 1 nitrogen and oxygen atoms in total. The first-order chi connectivity index (χ1) is 18.3. The van der Waals surface area contributed by atoms with Gasteiger partial charge in [0.15, 0.2) is 0 Å². The molecule has 0 aliphatic heterocycles. The van der Waals surface area contributed by atoms with E-state index in [1.54, 1.807) is 0 Å². The number of nitrogens with one attached hydrogen (secondary N) is 1. The molecule has 0 bridgehead atoms. The smallest absolute Gasteiger partial charge is 0.0390 e. The molecule has 37 heavy (non-hydrogen) atoms. The van der Waals surface area contributed by atoms with Gasteiger partial charge in [0.05, 0.1) is 0 Å². The fourth-order valence-electron chi connectivity index (χ4n) is 4.75. The second-order valence-electron chi connectivity index (χ2n) is 9.14. The van der Waals surface area contributed by atoms with Crippen molar-refractivity contribution >= 4 is 11.4 Å². The third-order valence-electron chi connectivity index (χ3n) is 6.69. The monoisotopic (exact) mass is 473 g/mol. The van der Waals surface area contributed by atoms with Crippen LogP contribution in [-0.2, 0) is 0 Å². The lowest BCUT2D eigenvalue weighted by Crippen LogP contribution is -1.93. The molecule has 0 amide bonds. The Hall–Kier alpha value is -4.88. The van der Waals surface area contributed by atoms with Crippen LogP contribution < -0.4 is 5.32 Å². The van der Waals surface area contributed by atoms with Crippen LogP contribution in [0.2, 0.25) is 0 Å². The number of hydrogen-bond acceptors (Lipinski definition) is 1. The van der Waals surface area contributed by atoms with Crippen LogP contribution in [0.4, 0.5) is 11.4 Å². The predicted molar refractivity (Wildman–Crippen MR) is 158 cm³/mol. The second kappa shape index (κ2) is 10.4. The maximum absolute atomic E-state index is 3.60. The summed E-state index contributed by atoms with van der Waals surface area (Å²) in [6.45, 7) is 0. The van der Waals surface area contributed by atoms with Crippen LogP contribution in [0.5, 0.6) is 0 Å². The molecule has 6 aromatic carbocycles. The van der Waals surface area contributed by atoms with Crippen molar-refractivity contribution in [2.24, 2.45) is 0 Å². The Bertz CT molecular complexity index is 1590. The van der Waals surface area contributed by atoms with Crippen molar-refractivity contribution in [3.05, 3.63) is 158 Å². The van der Waals surface area contributed by atoms with E-state index >= 15 is 0 Å². The van der Waals surface area contributed by atoms with Gasteiger partial charge in [0.1, 0.15) is 0 Å². The van der Waals surface area contributed by atoms with Gasteiger partial charge in [-0.3, -0.25) is 0 Å². The number of rotatable bonds is 6. The minimum atomic E-state index is 1.07. The Morgan fingerprint density at radius 3 is 1.19 bits per heavy atom. The number of benzene rings is 6. The van der Waals surface area contributed by atoms with Crippen molar-refractivity contribution < 1.29 is 0 Å². The summed E-state index contributed by atoms with van der Waals surface area (Å²) >= 11 is 0. The second-order valence-corrected chi connectivity index (χ2v) is 9.14. The van der Waals surface area contributed by atoms with E-state index in [4.69, 9.17) is 0 Å². The van der Waals surface area contributed by atoms with Crippen LogP contribution >= 0.6 is 0 Å². The van der Waals surface area contributed by atoms with E-state index in [1.165, 1.54) is 44.5 Å². The minimum Gasteiger partial charge on any atom is -0.356 e. The third kappa shape index (κ3) is 5.07. The molecule has 0 fully saturated rings. The van der Waals surface area contributed by atoms with Gasteiger partial charge < -0.3 is 5.32 Å². The normalized spacial score (nSPS) is 10.7. The number of anilines is 2. The third-order valence-corrected chi connectivity index (χ3v) is 6.69. The fraction of sp³-hybridized carbons (Fsp3) is 0. The Labute approximate surface area is 218 Å². The summed E-state index contributed by atoms with van der Waals surface area (Å²) in [6.07, 6.45) is 0. The van der Waals surface area contributed by atoms with Gasteiger partial charge in [-0.25, -0.2) is 0 Å². The van der Waals surface area contributed by atoms with E-state index in [-0.39, 0.29) is 0 Å². The Kier molecular flexibility index (Phi) is 6.34. The summed E-state index contributed by atoms with van der Waals surface area (Å²) < 4.78 is 0. The van der Waals surface area contributed by atoms with Crippen LogP contribution in [0, 0.1) is 0 Å². The van der Waals surface area contributed by atoms with Gasteiger partial charge in [-0.2, -0.15) is 0 Å². The van der Waals surface area contributed by atoms with E-state index in [9.17, 15) is 0 Å². The zero-order valence-electron chi connectivity index (χ0n) is 20.5. The largest absolute Gasteiger partial charge is 0.356 e. The highest BCUT2D eigenvalue weighted by molar-refractivity contribution is 5.87. The van der Waals surface area contributed by atoms with Gasteiger partial charge in [-0.15, -0.1) is 0 Å². The Balaban J connectivity index is 1.32. The fourth-order valence-corrected chi connectivity index (χ4v) is 4.75. The molecule has 0 aliphatic rings. The molecule has 0 saturated heterocycles. The lowest BCUT2D eigenvalue weighted by molar-refractivity contribution is 1.52. The van der Waals surface area contributed by atoms with E-state index in [0.29, 0.717) is 0 Å². The summed E-state index contributed by atoms with van der Waals surface area (Å²) in [5.41, 5.74) is 11.9. The standard InChI is InChI=1S/C36H27N/c1-4-10-27(11-5-1)29-16-18-32(19-17-29)35-25-24-34(26-36(35)31-14-8-3-9-15-31)37-33-22-20-30(21-23-33)28-12-6-2-7-13-28/h1-26,37H. The van der Waals surface area contributed by atoms with Gasteiger partial charge >= 0.3 is 0 Å².